The summed E-state index contributed by atoms with van der Waals surface area (Å²) in [6.07, 6.45) is 1.32. The first kappa shape index (κ1) is 22.4. The second-order valence-electron chi connectivity index (χ2n) is 7.31. The average molecular weight is 459 g/mol. The van der Waals surface area contributed by atoms with Crippen LogP contribution in [0.2, 0.25) is 0 Å². The molecule has 0 saturated carbocycles. The molecule has 33 heavy (non-hydrogen) atoms. The van der Waals surface area contributed by atoms with Crippen molar-refractivity contribution in [3.05, 3.63) is 71.1 Å². The molecule has 0 amide bonds. The minimum Gasteiger partial charge on any atom is -0.395 e. The van der Waals surface area contributed by atoms with Gasteiger partial charge >= 0.3 is 5.92 Å². The zero-order valence-electron chi connectivity index (χ0n) is 17.4. The number of rotatable bonds is 9. The number of nitrogens with one attached hydrogen (secondary N) is 3. The molecular formula is C21H20F3N7O2. The lowest BCUT2D eigenvalue weighted by atomic mass is 10.1. The van der Waals surface area contributed by atoms with E-state index in [4.69, 9.17) is 5.11 Å². The van der Waals surface area contributed by atoms with Gasteiger partial charge in [0.15, 0.2) is 17.4 Å². The van der Waals surface area contributed by atoms with Gasteiger partial charge in [-0.3, -0.25) is 9.89 Å². The smallest absolute Gasteiger partial charge is 0.333 e. The van der Waals surface area contributed by atoms with Crippen LogP contribution in [0.1, 0.15) is 27.4 Å². The maximum Gasteiger partial charge on any atom is 0.333 e. The zero-order chi connectivity index (χ0) is 23.6. The zero-order valence-corrected chi connectivity index (χ0v) is 17.4. The Balaban J connectivity index is 1.78. The van der Waals surface area contributed by atoms with Gasteiger partial charge in [-0.15, -0.1) is 5.10 Å². The summed E-state index contributed by atoms with van der Waals surface area (Å²) in [5.74, 6) is -5.10. The van der Waals surface area contributed by atoms with E-state index in [1.807, 2.05) is 0 Å². The van der Waals surface area contributed by atoms with Crippen molar-refractivity contribution in [2.75, 3.05) is 25.0 Å². The highest BCUT2D eigenvalue weighted by atomic mass is 19.3. The average Bonchev–Trinajstić information content (AvgIpc) is 3.40. The number of hydrogen-bond acceptors (Lipinski definition) is 7. The number of aromatic nitrogens is 5. The summed E-state index contributed by atoms with van der Waals surface area (Å²) in [5, 5.41) is 25.2. The van der Waals surface area contributed by atoms with Crippen LogP contribution in [0.4, 0.5) is 24.8 Å². The normalized spacial score (nSPS) is 11.8. The Bertz CT molecular complexity index is 1290. The molecule has 0 spiro atoms. The van der Waals surface area contributed by atoms with Crippen molar-refractivity contribution in [1.29, 1.82) is 0 Å². The molecular weight excluding hydrogens is 439 g/mol. The molecule has 0 unspecified atom stereocenters. The Morgan fingerprint density at radius 1 is 1.24 bits per heavy atom. The molecule has 0 atom stereocenters. The third kappa shape index (κ3) is 4.71. The Morgan fingerprint density at radius 2 is 2.00 bits per heavy atom. The second-order valence-corrected chi connectivity index (χ2v) is 7.31. The number of Topliss-reactive ketones (excluding diaryl/α,β-unsaturated/α-hetero) is 1. The fraction of sp³-hybridized carbons (Fsp3) is 0.238. The number of benzene rings is 1. The molecule has 0 saturated heterocycles. The highest BCUT2D eigenvalue weighted by Crippen LogP contribution is 2.35. The fourth-order valence-electron chi connectivity index (χ4n) is 3.15. The van der Waals surface area contributed by atoms with E-state index in [-0.39, 0.29) is 42.4 Å². The summed E-state index contributed by atoms with van der Waals surface area (Å²) in [7, 11) is 0. The SMILES string of the molecule is Cc1cc(Nc2nc(C(F)(F)c3ccc(F)cc3)nn3cc(C(=O)CNCCO)cc23)n[nH]1. The quantitative estimate of drug-likeness (QED) is 0.224. The minimum atomic E-state index is -3.64. The van der Waals surface area contributed by atoms with Crippen LogP contribution in [0.15, 0.2) is 42.6 Å². The number of ketones is 1. The summed E-state index contributed by atoms with van der Waals surface area (Å²) in [5.41, 5.74) is 0.750. The van der Waals surface area contributed by atoms with Crippen LogP contribution >= 0.6 is 0 Å². The lowest BCUT2D eigenvalue weighted by molar-refractivity contribution is 0.0315. The molecule has 3 aromatic heterocycles. The minimum absolute atomic E-state index is 0.00986. The first-order valence-corrected chi connectivity index (χ1v) is 9.96. The summed E-state index contributed by atoms with van der Waals surface area (Å²) in [6.45, 7) is 1.83. The van der Waals surface area contributed by atoms with E-state index in [9.17, 15) is 9.18 Å². The number of hydrogen-bond donors (Lipinski definition) is 4. The standard InChI is InChI=1S/C21H20F3N7O2/c1-12-8-18(29-28-12)26-19-16-9-13(17(33)10-25-6-7-32)11-31(16)30-20(27-19)21(23,24)14-2-4-15(22)5-3-14/h2-5,8-9,11,25,32H,6-7,10H2,1H3,(H2,26,27,28,29,30). The largest absolute Gasteiger partial charge is 0.395 e. The number of anilines is 2. The molecule has 0 bridgehead atoms. The lowest BCUT2D eigenvalue weighted by Gasteiger charge is -2.16. The number of aromatic amines is 1. The molecule has 9 nitrogen and oxygen atoms in total. The Hall–Kier alpha value is -3.77. The molecule has 12 heteroatoms. The number of H-pyrrole nitrogens is 1. The van der Waals surface area contributed by atoms with Crippen LogP contribution in [0.25, 0.3) is 5.52 Å². The molecule has 0 radical (unpaired) electrons. The fourth-order valence-corrected chi connectivity index (χ4v) is 3.15. The van der Waals surface area contributed by atoms with Crippen molar-refractivity contribution < 1.29 is 23.1 Å². The Labute approximate surface area is 185 Å². The molecule has 4 rings (SSSR count). The molecule has 0 aliphatic heterocycles. The van der Waals surface area contributed by atoms with Gasteiger partial charge in [0.25, 0.3) is 0 Å². The molecule has 3 heterocycles. The Morgan fingerprint density at radius 3 is 2.67 bits per heavy atom. The van der Waals surface area contributed by atoms with E-state index in [0.717, 1.165) is 34.5 Å². The van der Waals surface area contributed by atoms with Crippen molar-refractivity contribution in [3.63, 3.8) is 0 Å². The van der Waals surface area contributed by atoms with E-state index in [0.29, 0.717) is 5.82 Å². The maximum atomic E-state index is 15.2. The van der Waals surface area contributed by atoms with Crippen molar-refractivity contribution in [1.82, 2.24) is 30.1 Å². The van der Waals surface area contributed by atoms with Gasteiger partial charge in [0.2, 0.25) is 5.82 Å². The van der Waals surface area contributed by atoms with Gasteiger partial charge in [-0.25, -0.2) is 13.9 Å². The van der Waals surface area contributed by atoms with Crippen molar-refractivity contribution >= 4 is 22.9 Å². The van der Waals surface area contributed by atoms with Crippen LogP contribution in [0.3, 0.4) is 0 Å². The Kier molecular flexibility index (Phi) is 6.11. The molecule has 0 aliphatic carbocycles. The van der Waals surface area contributed by atoms with E-state index in [1.54, 1.807) is 13.0 Å². The third-order valence-corrected chi connectivity index (χ3v) is 4.80. The summed E-state index contributed by atoms with van der Waals surface area (Å²) in [6, 6.07) is 6.92. The highest BCUT2D eigenvalue weighted by Gasteiger charge is 2.39. The van der Waals surface area contributed by atoms with Crippen LogP contribution < -0.4 is 10.6 Å². The van der Waals surface area contributed by atoms with Crippen molar-refractivity contribution in [2.45, 2.75) is 12.8 Å². The topological polar surface area (TPSA) is 120 Å². The summed E-state index contributed by atoms with van der Waals surface area (Å²) < 4.78 is 44.8. The number of carbonyl (C=O) groups excluding carboxylic acids is 1. The number of halogens is 3. The number of aliphatic hydroxyl groups excluding tert-OH is 1. The van der Waals surface area contributed by atoms with E-state index in [1.165, 1.54) is 12.3 Å². The van der Waals surface area contributed by atoms with Crippen molar-refractivity contribution in [3.8, 4) is 0 Å². The predicted octanol–water partition coefficient (Wildman–Crippen LogP) is 2.55. The molecule has 1 aromatic carbocycles. The van der Waals surface area contributed by atoms with Gasteiger partial charge in [0.05, 0.1) is 13.2 Å². The molecule has 4 aromatic rings. The number of aryl methyl sites for hydroxylation is 1. The number of fused-ring (bicyclic) bond motifs is 1. The molecule has 172 valence electrons. The van der Waals surface area contributed by atoms with Gasteiger partial charge in [-0.1, -0.05) is 0 Å². The van der Waals surface area contributed by atoms with E-state index < -0.39 is 23.1 Å². The van der Waals surface area contributed by atoms with Gasteiger partial charge in [-0.05, 0) is 37.3 Å². The van der Waals surface area contributed by atoms with Crippen LogP contribution in [0, 0.1) is 12.7 Å². The number of carbonyl (C=O) groups is 1. The molecule has 4 N–H and O–H groups in total. The van der Waals surface area contributed by atoms with Gasteiger partial charge in [0, 0.05) is 35.6 Å². The van der Waals surface area contributed by atoms with Gasteiger partial charge in [0.1, 0.15) is 11.3 Å². The van der Waals surface area contributed by atoms with Gasteiger partial charge < -0.3 is 15.7 Å². The number of aliphatic hydroxyl groups is 1. The second kappa shape index (κ2) is 9.00. The highest BCUT2D eigenvalue weighted by molar-refractivity contribution is 5.99. The first-order chi connectivity index (χ1) is 15.8. The summed E-state index contributed by atoms with van der Waals surface area (Å²) in [4.78, 5) is 16.5. The van der Waals surface area contributed by atoms with Crippen molar-refractivity contribution in [2.24, 2.45) is 0 Å². The number of alkyl halides is 2. The number of nitrogens with zero attached hydrogens (tertiary/aromatic N) is 4. The van der Waals surface area contributed by atoms with Crippen LogP contribution in [0.5, 0.6) is 0 Å². The third-order valence-electron chi connectivity index (χ3n) is 4.80. The van der Waals surface area contributed by atoms with Crippen LogP contribution in [-0.2, 0) is 5.92 Å². The molecule has 0 aliphatic rings. The van der Waals surface area contributed by atoms with E-state index >= 15 is 8.78 Å². The predicted molar refractivity (Wildman–Crippen MR) is 113 cm³/mol. The van der Waals surface area contributed by atoms with Crippen LogP contribution in [-0.4, -0.2) is 55.4 Å². The van der Waals surface area contributed by atoms with E-state index in [2.05, 4.69) is 30.9 Å². The first-order valence-electron chi connectivity index (χ1n) is 9.96. The summed E-state index contributed by atoms with van der Waals surface area (Å²) >= 11 is 0. The maximum absolute atomic E-state index is 15.2. The molecule has 0 fully saturated rings. The monoisotopic (exact) mass is 459 g/mol. The lowest BCUT2D eigenvalue weighted by Crippen LogP contribution is -2.25. The van der Waals surface area contributed by atoms with Gasteiger partial charge in [-0.2, -0.15) is 13.9 Å².